The molecule has 27 heavy (non-hydrogen) atoms. The van der Waals surface area contributed by atoms with Gasteiger partial charge >= 0.3 is 173 Å². The van der Waals surface area contributed by atoms with Gasteiger partial charge in [0.15, 0.2) is 0 Å². The molecule has 2 amide bonds. The average Bonchev–Trinajstić information content (AvgIpc) is 2.70. The Bertz CT molecular complexity index is 718. The SMILES string of the molecule is CCN(CC)C(=O)c1ccccc1[Te]c1ccccc1C(=O)N(CC)CC. The zero-order valence-electron chi connectivity index (χ0n) is 16.6. The minimum atomic E-state index is -0.869. The fourth-order valence-corrected chi connectivity index (χ4v) is 5.97. The van der Waals surface area contributed by atoms with Crippen molar-refractivity contribution >= 4 is 40.0 Å². The van der Waals surface area contributed by atoms with Crippen molar-refractivity contribution in [1.29, 1.82) is 0 Å². The number of amides is 2. The summed E-state index contributed by atoms with van der Waals surface area (Å²) in [7, 11) is 0. The summed E-state index contributed by atoms with van der Waals surface area (Å²) in [4.78, 5) is 29.5. The molecule has 0 unspecified atom stereocenters. The first kappa shape index (κ1) is 21.5. The number of benzene rings is 2. The number of carbonyl (C=O) groups is 2. The molecule has 0 heterocycles. The van der Waals surface area contributed by atoms with E-state index >= 15 is 0 Å². The molecule has 5 heteroatoms. The van der Waals surface area contributed by atoms with Crippen molar-refractivity contribution in [3.8, 4) is 0 Å². The third-order valence-corrected chi connectivity index (χ3v) is 7.84. The number of hydrogen-bond donors (Lipinski definition) is 0. The summed E-state index contributed by atoms with van der Waals surface area (Å²) in [6.45, 7) is 10.8. The maximum atomic E-state index is 12.9. The van der Waals surface area contributed by atoms with Crippen LogP contribution in [0.15, 0.2) is 48.5 Å². The normalized spacial score (nSPS) is 10.5. The van der Waals surface area contributed by atoms with Gasteiger partial charge in [0.25, 0.3) is 0 Å². The summed E-state index contributed by atoms with van der Waals surface area (Å²) in [6, 6.07) is 15.7. The van der Waals surface area contributed by atoms with Crippen LogP contribution >= 0.6 is 0 Å². The molecule has 2 aromatic carbocycles. The van der Waals surface area contributed by atoms with E-state index in [9.17, 15) is 9.59 Å². The second-order valence-corrected chi connectivity index (χ2v) is 9.14. The van der Waals surface area contributed by atoms with Gasteiger partial charge in [-0.05, 0) is 0 Å². The van der Waals surface area contributed by atoms with Crippen LogP contribution in [0.2, 0.25) is 0 Å². The quantitative estimate of drug-likeness (QED) is 0.545. The molecule has 0 bridgehead atoms. The van der Waals surface area contributed by atoms with E-state index in [4.69, 9.17) is 0 Å². The first-order valence-corrected chi connectivity index (χ1v) is 11.8. The van der Waals surface area contributed by atoms with Crippen LogP contribution in [0.1, 0.15) is 48.4 Å². The predicted octanol–water partition coefficient (Wildman–Crippen LogP) is 2.31. The molecular formula is C22H28N2O2Te. The average molecular weight is 480 g/mol. The molecule has 0 aliphatic heterocycles. The zero-order chi connectivity index (χ0) is 19.8. The molecule has 4 nitrogen and oxygen atoms in total. The fraction of sp³-hybridized carbons (Fsp3) is 0.364. The Morgan fingerprint density at radius 3 is 1.33 bits per heavy atom. The third-order valence-electron chi connectivity index (χ3n) is 4.56. The van der Waals surface area contributed by atoms with Gasteiger partial charge in [-0.1, -0.05) is 0 Å². The molecule has 0 aromatic heterocycles. The summed E-state index contributed by atoms with van der Waals surface area (Å²) in [5, 5.41) is 0. The molecular weight excluding hydrogens is 452 g/mol. The molecule has 0 spiro atoms. The summed E-state index contributed by atoms with van der Waals surface area (Å²) in [5.74, 6) is 0.154. The molecule has 0 N–H and O–H groups in total. The van der Waals surface area contributed by atoms with E-state index in [1.54, 1.807) is 0 Å². The van der Waals surface area contributed by atoms with Crippen molar-refractivity contribution in [2.45, 2.75) is 27.7 Å². The van der Waals surface area contributed by atoms with Crippen LogP contribution in [0.3, 0.4) is 0 Å². The van der Waals surface area contributed by atoms with Crippen LogP contribution in [0, 0.1) is 0 Å². The van der Waals surface area contributed by atoms with E-state index in [0.29, 0.717) is 26.2 Å². The van der Waals surface area contributed by atoms with Gasteiger partial charge in [0, 0.05) is 0 Å². The van der Waals surface area contributed by atoms with E-state index < -0.39 is 20.9 Å². The first-order valence-electron chi connectivity index (χ1n) is 9.51. The number of hydrogen-bond acceptors (Lipinski definition) is 2. The van der Waals surface area contributed by atoms with E-state index in [-0.39, 0.29) is 11.8 Å². The van der Waals surface area contributed by atoms with Crippen molar-refractivity contribution in [2.75, 3.05) is 26.2 Å². The molecule has 2 aromatic rings. The topological polar surface area (TPSA) is 40.6 Å². The van der Waals surface area contributed by atoms with Gasteiger partial charge < -0.3 is 0 Å². The van der Waals surface area contributed by atoms with E-state index in [2.05, 4.69) is 0 Å². The Labute approximate surface area is 172 Å². The van der Waals surface area contributed by atoms with Crippen LogP contribution in [-0.2, 0) is 0 Å². The van der Waals surface area contributed by atoms with Crippen LogP contribution in [0.4, 0.5) is 0 Å². The Kier molecular flexibility index (Phi) is 8.34. The van der Waals surface area contributed by atoms with Crippen molar-refractivity contribution in [1.82, 2.24) is 9.80 Å². The van der Waals surface area contributed by atoms with Gasteiger partial charge in [-0.3, -0.25) is 0 Å². The first-order chi connectivity index (χ1) is 13.1. The molecule has 0 saturated heterocycles. The molecule has 144 valence electrons. The molecule has 0 radical (unpaired) electrons. The van der Waals surface area contributed by atoms with Crippen molar-refractivity contribution in [3.63, 3.8) is 0 Å². The van der Waals surface area contributed by atoms with Crippen LogP contribution in [0.25, 0.3) is 0 Å². The third kappa shape index (κ3) is 5.12. The maximum absolute atomic E-state index is 12.9. The Balaban J connectivity index is 2.39. The predicted molar refractivity (Wildman–Crippen MR) is 112 cm³/mol. The van der Waals surface area contributed by atoms with Gasteiger partial charge in [0.2, 0.25) is 0 Å². The minimum absolute atomic E-state index is 0.0771. The zero-order valence-corrected chi connectivity index (χ0v) is 18.9. The summed E-state index contributed by atoms with van der Waals surface area (Å²) >= 11 is -0.869. The second-order valence-electron chi connectivity index (χ2n) is 6.05. The fourth-order valence-electron chi connectivity index (χ4n) is 2.95. The van der Waals surface area contributed by atoms with Gasteiger partial charge in [-0.15, -0.1) is 0 Å². The molecule has 0 aliphatic carbocycles. The summed E-state index contributed by atoms with van der Waals surface area (Å²) in [6.07, 6.45) is 0. The number of carbonyl (C=O) groups excluding carboxylic acids is 2. The van der Waals surface area contributed by atoms with Crippen LogP contribution in [-0.4, -0.2) is 68.7 Å². The molecule has 0 aliphatic rings. The second kappa shape index (κ2) is 10.5. The molecule has 0 atom stereocenters. The molecule has 0 fully saturated rings. The summed E-state index contributed by atoms with van der Waals surface area (Å²) < 4.78 is 2.17. The van der Waals surface area contributed by atoms with Crippen molar-refractivity contribution in [2.24, 2.45) is 0 Å². The Morgan fingerprint density at radius 2 is 1.00 bits per heavy atom. The van der Waals surface area contributed by atoms with Gasteiger partial charge in [-0.25, -0.2) is 0 Å². The summed E-state index contributed by atoms with van der Waals surface area (Å²) in [5.41, 5.74) is 1.54. The number of nitrogens with zero attached hydrogens (tertiary/aromatic N) is 2. The Morgan fingerprint density at radius 1 is 0.667 bits per heavy atom. The van der Waals surface area contributed by atoms with E-state index in [0.717, 1.165) is 18.3 Å². The molecule has 2 rings (SSSR count). The van der Waals surface area contributed by atoms with Crippen molar-refractivity contribution in [3.05, 3.63) is 59.7 Å². The Hall–Kier alpha value is -1.83. The standard InChI is InChI=1S/C22H28N2O2Te/c1-5-23(6-2)21(25)17-13-9-11-15-19(17)27-20-16-12-10-14-18(20)22(26)24(7-3)8-4/h9-16H,5-8H2,1-4H3. The van der Waals surface area contributed by atoms with Gasteiger partial charge in [0.1, 0.15) is 0 Å². The van der Waals surface area contributed by atoms with E-state index in [1.165, 1.54) is 0 Å². The molecule has 0 saturated carbocycles. The van der Waals surface area contributed by atoms with Gasteiger partial charge in [0.05, 0.1) is 0 Å². The van der Waals surface area contributed by atoms with Crippen LogP contribution < -0.4 is 7.22 Å². The van der Waals surface area contributed by atoms with Crippen molar-refractivity contribution < 1.29 is 9.59 Å². The monoisotopic (exact) mass is 482 g/mol. The van der Waals surface area contributed by atoms with Crippen LogP contribution in [0.5, 0.6) is 0 Å². The van der Waals surface area contributed by atoms with Gasteiger partial charge in [-0.2, -0.15) is 0 Å². The number of rotatable bonds is 8. The van der Waals surface area contributed by atoms with E-state index in [1.807, 2.05) is 86.0 Å².